The van der Waals surface area contributed by atoms with E-state index in [4.69, 9.17) is 16.3 Å². The molecule has 1 aliphatic heterocycles. The molecule has 0 unspecified atom stereocenters. The Labute approximate surface area is 153 Å². The number of rotatable bonds is 5. The van der Waals surface area contributed by atoms with Gasteiger partial charge < -0.3 is 15.0 Å². The van der Waals surface area contributed by atoms with Gasteiger partial charge in [0, 0.05) is 24.7 Å². The van der Waals surface area contributed by atoms with Gasteiger partial charge in [0.05, 0.1) is 6.42 Å². The van der Waals surface area contributed by atoms with Crippen LogP contribution >= 0.6 is 11.6 Å². The molecule has 3 rings (SSSR count). The minimum absolute atomic E-state index is 0.177. The van der Waals surface area contributed by atoms with Crippen LogP contribution in [0.4, 0.5) is 0 Å². The molecule has 25 heavy (non-hydrogen) atoms. The third-order valence-corrected chi connectivity index (χ3v) is 4.48. The summed E-state index contributed by atoms with van der Waals surface area (Å²) in [5.41, 5.74) is 2.00. The van der Waals surface area contributed by atoms with Crippen LogP contribution in [-0.4, -0.2) is 37.0 Å². The fourth-order valence-electron chi connectivity index (χ4n) is 2.92. The number of ether oxygens (including phenoxy) is 1. The standard InChI is InChI=1S/C20H23ClN2O2/c21-18-6-1-5-17(12-18)15-25-19-7-2-4-16(13-19)14-20(24)23-10-3-8-22-9-11-23/h1-2,4-7,12-13,22H,3,8-11,14-15H2. The zero-order valence-corrected chi connectivity index (χ0v) is 15.0. The van der Waals surface area contributed by atoms with Crippen LogP contribution in [0.25, 0.3) is 0 Å². The maximum absolute atomic E-state index is 12.5. The minimum atomic E-state index is 0.177. The monoisotopic (exact) mass is 358 g/mol. The maximum Gasteiger partial charge on any atom is 0.227 e. The first kappa shape index (κ1) is 17.8. The predicted octanol–water partition coefficient (Wildman–Crippen LogP) is 3.28. The number of carbonyl (C=O) groups is 1. The van der Waals surface area contributed by atoms with Crippen molar-refractivity contribution in [2.45, 2.75) is 19.4 Å². The minimum Gasteiger partial charge on any atom is -0.489 e. The zero-order chi connectivity index (χ0) is 17.5. The highest BCUT2D eigenvalue weighted by atomic mass is 35.5. The number of nitrogens with zero attached hydrogens (tertiary/aromatic N) is 1. The molecule has 0 aromatic heterocycles. The van der Waals surface area contributed by atoms with E-state index in [9.17, 15) is 4.79 Å². The van der Waals surface area contributed by atoms with Crippen molar-refractivity contribution >= 4 is 17.5 Å². The van der Waals surface area contributed by atoms with Gasteiger partial charge in [0.2, 0.25) is 5.91 Å². The van der Waals surface area contributed by atoms with Crippen LogP contribution in [0.5, 0.6) is 5.75 Å². The summed E-state index contributed by atoms with van der Waals surface area (Å²) in [5, 5.41) is 4.02. The molecule has 1 aliphatic rings. The smallest absolute Gasteiger partial charge is 0.227 e. The zero-order valence-electron chi connectivity index (χ0n) is 14.2. The van der Waals surface area contributed by atoms with E-state index >= 15 is 0 Å². The Hall–Kier alpha value is -2.04. The molecule has 1 amide bonds. The molecule has 0 aliphatic carbocycles. The fraction of sp³-hybridized carbons (Fsp3) is 0.350. The van der Waals surface area contributed by atoms with E-state index in [1.807, 2.05) is 53.4 Å². The van der Waals surface area contributed by atoms with Crippen LogP contribution in [-0.2, 0) is 17.8 Å². The molecule has 1 heterocycles. The molecule has 0 bridgehead atoms. The van der Waals surface area contributed by atoms with Crippen molar-refractivity contribution < 1.29 is 9.53 Å². The molecule has 1 fully saturated rings. The molecule has 5 heteroatoms. The lowest BCUT2D eigenvalue weighted by Gasteiger charge is -2.20. The van der Waals surface area contributed by atoms with Crippen LogP contribution in [0.2, 0.25) is 5.02 Å². The Bertz CT molecular complexity index is 712. The molecule has 2 aromatic rings. The van der Waals surface area contributed by atoms with Gasteiger partial charge in [0.25, 0.3) is 0 Å². The van der Waals surface area contributed by atoms with E-state index in [1.165, 1.54) is 0 Å². The van der Waals surface area contributed by atoms with Crippen LogP contribution in [0.1, 0.15) is 17.5 Å². The first-order valence-electron chi connectivity index (χ1n) is 8.65. The van der Waals surface area contributed by atoms with Crippen molar-refractivity contribution in [2.75, 3.05) is 26.2 Å². The molecule has 1 saturated heterocycles. The number of halogens is 1. The molecule has 4 nitrogen and oxygen atoms in total. The lowest BCUT2D eigenvalue weighted by molar-refractivity contribution is -0.130. The molecule has 0 saturated carbocycles. The molecular weight excluding hydrogens is 336 g/mol. The Morgan fingerprint density at radius 2 is 1.92 bits per heavy atom. The lowest BCUT2D eigenvalue weighted by Crippen LogP contribution is -2.35. The summed E-state index contributed by atoms with van der Waals surface area (Å²) in [7, 11) is 0. The van der Waals surface area contributed by atoms with E-state index in [0.29, 0.717) is 18.1 Å². The summed E-state index contributed by atoms with van der Waals surface area (Å²) in [4.78, 5) is 14.4. The summed E-state index contributed by atoms with van der Waals surface area (Å²) >= 11 is 5.99. The van der Waals surface area contributed by atoms with Gasteiger partial charge in [-0.05, 0) is 48.4 Å². The third-order valence-electron chi connectivity index (χ3n) is 4.24. The third kappa shape index (κ3) is 5.48. The Morgan fingerprint density at radius 1 is 1.08 bits per heavy atom. The molecule has 0 atom stereocenters. The van der Waals surface area contributed by atoms with Gasteiger partial charge in [-0.1, -0.05) is 35.9 Å². The lowest BCUT2D eigenvalue weighted by atomic mass is 10.1. The number of hydrogen-bond donors (Lipinski definition) is 1. The van der Waals surface area contributed by atoms with Gasteiger partial charge in [-0.25, -0.2) is 0 Å². The summed E-state index contributed by atoms with van der Waals surface area (Å²) < 4.78 is 5.84. The average Bonchev–Trinajstić information content (AvgIpc) is 2.90. The van der Waals surface area contributed by atoms with Gasteiger partial charge in [-0.3, -0.25) is 4.79 Å². The quantitative estimate of drug-likeness (QED) is 0.891. The van der Waals surface area contributed by atoms with E-state index in [-0.39, 0.29) is 5.91 Å². The molecule has 0 spiro atoms. The predicted molar refractivity (Wildman–Crippen MR) is 100.0 cm³/mol. The van der Waals surface area contributed by atoms with E-state index in [1.54, 1.807) is 0 Å². The van der Waals surface area contributed by atoms with Crippen molar-refractivity contribution in [1.29, 1.82) is 0 Å². The van der Waals surface area contributed by atoms with Gasteiger partial charge in [0.1, 0.15) is 12.4 Å². The highest BCUT2D eigenvalue weighted by Crippen LogP contribution is 2.18. The topological polar surface area (TPSA) is 41.6 Å². The first-order valence-corrected chi connectivity index (χ1v) is 9.03. The summed E-state index contributed by atoms with van der Waals surface area (Å²) in [6, 6.07) is 15.4. The molecule has 2 aromatic carbocycles. The van der Waals surface area contributed by atoms with Crippen molar-refractivity contribution in [2.24, 2.45) is 0 Å². The highest BCUT2D eigenvalue weighted by Gasteiger charge is 2.15. The van der Waals surface area contributed by atoms with E-state index < -0.39 is 0 Å². The molecular formula is C20H23ClN2O2. The van der Waals surface area contributed by atoms with Crippen molar-refractivity contribution in [3.8, 4) is 5.75 Å². The number of benzene rings is 2. The number of carbonyl (C=O) groups excluding carboxylic acids is 1. The van der Waals surface area contributed by atoms with Crippen molar-refractivity contribution in [1.82, 2.24) is 10.2 Å². The van der Waals surface area contributed by atoms with Crippen LogP contribution in [0, 0.1) is 0 Å². The molecule has 1 N–H and O–H groups in total. The van der Waals surface area contributed by atoms with Crippen molar-refractivity contribution in [3.05, 3.63) is 64.7 Å². The average molecular weight is 359 g/mol. The van der Waals surface area contributed by atoms with Crippen molar-refractivity contribution in [3.63, 3.8) is 0 Å². The normalized spacial score (nSPS) is 14.8. The van der Waals surface area contributed by atoms with Crippen LogP contribution < -0.4 is 10.1 Å². The molecule has 132 valence electrons. The fourth-order valence-corrected chi connectivity index (χ4v) is 3.13. The molecule has 0 radical (unpaired) electrons. The van der Waals surface area contributed by atoms with E-state index in [0.717, 1.165) is 49.5 Å². The van der Waals surface area contributed by atoms with Crippen LogP contribution in [0.15, 0.2) is 48.5 Å². The Morgan fingerprint density at radius 3 is 2.80 bits per heavy atom. The van der Waals surface area contributed by atoms with Gasteiger partial charge in [0.15, 0.2) is 0 Å². The first-order chi connectivity index (χ1) is 12.2. The number of amides is 1. The van der Waals surface area contributed by atoms with Gasteiger partial charge in [-0.2, -0.15) is 0 Å². The largest absolute Gasteiger partial charge is 0.489 e. The summed E-state index contributed by atoms with van der Waals surface area (Å²) in [6.45, 7) is 3.92. The van der Waals surface area contributed by atoms with Gasteiger partial charge in [-0.15, -0.1) is 0 Å². The number of nitrogens with one attached hydrogen (secondary N) is 1. The SMILES string of the molecule is O=C(Cc1cccc(OCc2cccc(Cl)c2)c1)N1CCCNCC1. The Balaban J connectivity index is 1.58. The second-order valence-corrected chi connectivity index (χ2v) is 6.66. The van der Waals surface area contributed by atoms with Gasteiger partial charge >= 0.3 is 0 Å². The van der Waals surface area contributed by atoms with Crippen LogP contribution in [0.3, 0.4) is 0 Å². The second-order valence-electron chi connectivity index (χ2n) is 6.23. The second kappa shape index (κ2) is 8.88. The maximum atomic E-state index is 12.5. The van der Waals surface area contributed by atoms with E-state index in [2.05, 4.69) is 5.32 Å². The summed E-state index contributed by atoms with van der Waals surface area (Å²) in [6.07, 6.45) is 1.42. The summed E-state index contributed by atoms with van der Waals surface area (Å²) in [5.74, 6) is 0.943. The Kier molecular flexibility index (Phi) is 6.31. The highest BCUT2D eigenvalue weighted by molar-refractivity contribution is 6.30. The number of hydrogen-bond acceptors (Lipinski definition) is 3.